The van der Waals surface area contributed by atoms with Crippen molar-refractivity contribution in [3.05, 3.63) is 23.9 Å². The van der Waals surface area contributed by atoms with Gasteiger partial charge in [0.2, 0.25) is 5.91 Å². The molecule has 0 aromatic carbocycles. The normalized spacial score (nSPS) is 19.4. The number of rotatable bonds is 7. The Morgan fingerprint density at radius 3 is 2.52 bits per heavy atom. The van der Waals surface area contributed by atoms with Gasteiger partial charge in [0.15, 0.2) is 5.96 Å². The molecule has 1 saturated heterocycles. The van der Waals surface area contributed by atoms with Crippen LogP contribution >= 0.6 is 0 Å². The molecule has 1 aliphatic heterocycles. The lowest BCUT2D eigenvalue weighted by Crippen LogP contribution is -2.49. The van der Waals surface area contributed by atoms with Crippen LogP contribution in [-0.2, 0) is 11.3 Å². The minimum atomic E-state index is -0.311. The number of hydrogen-bond acceptors (Lipinski definition) is 4. The Hall–Kier alpha value is -2.31. The van der Waals surface area contributed by atoms with Crippen LogP contribution in [0.5, 0.6) is 0 Å². The molecule has 0 unspecified atom stereocenters. The van der Waals surface area contributed by atoms with E-state index in [1.807, 2.05) is 20.3 Å². The lowest BCUT2D eigenvalue weighted by atomic mass is 9.84. The van der Waals surface area contributed by atoms with Gasteiger partial charge in [-0.05, 0) is 50.2 Å². The maximum absolute atomic E-state index is 12.8. The number of anilines is 1. The van der Waals surface area contributed by atoms with Crippen LogP contribution in [-0.4, -0.2) is 62.0 Å². The van der Waals surface area contributed by atoms with Crippen LogP contribution in [0.3, 0.4) is 0 Å². The zero-order chi connectivity index (χ0) is 22.3. The van der Waals surface area contributed by atoms with Gasteiger partial charge < -0.3 is 20.4 Å². The SMILES string of the molecule is CCNC(=NCc1ccc(N2CCC(C)CC2)nc1)NCC1(C(=O)N(C)C)CCCC1. The first kappa shape index (κ1) is 23.4. The molecule has 172 valence electrons. The van der Waals surface area contributed by atoms with E-state index in [1.165, 1.54) is 12.8 Å². The second-order valence-electron chi connectivity index (χ2n) is 9.43. The second kappa shape index (κ2) is 10.8. The number of pyridine rings is 1. The van der Waals surface area contributed by atoms with E-state index in [9.17, 15) is 4.79 Å². The predicted molar refractivity (Wildman–Crippen MR) is 127 cm³/mol. The van der Waals surface area contributed by atoms with Crippen molar-refractivity contribution in [3.63, 3.8) is 0 Å². The molecule has 0 bridgehead atoms. The molecule has 1 saturated carbocycles. The summed E-state index contributed by atoms with van der Waals surface area (Å²) in [4.78, 5) is 26.3. The third kappa shape index (κ3) is 6.11. The fourth-order valence-electron chi connectivity index (χ4n) is 4.69. The van der Waals surface area contributed by atoms with Crippen molar-refractivity contribution in [3.8, 4) is 0 Å². The van der Waals surface area contributed by atoms with Gasteiger partial charge >= 0.3 is 0 Å². The summed E-state index contributed by atoms with van der Waals surface area (Å²) in [5, 5.41) is 6.75. The zero-order valence-electron chi connectivity index (χ0n) is 19.8. The highest BCUT2D eigenvalue weighted by Gasteiger charge is 2.42. The van der Waals surface area contributed by atoms with Gasteiger partial charge in [0, 0.05) is 46.5 Å². The van der Waals surface area contributed by atoms with Crippen LogP contribution in [0.4, 0.5) is 5.82 Å². The van der Waals surface area contributed by atoms with Crippen LogP contribution in [0, 0.1) is 11.3 Å². The van der Waals surface area contributed by atoms with Gasteiger partial charge in [-0.25, -0.2) is 9.98 Å². The number of hydrogen-bond donors (Lipinski definition) is 2. The number of carbonyl (C=O) groups excluding carboxylic acids is 1. The summed E-state index contributed by atoms with van der Waals surface area (Å²) in [5.74, 6) is 2.86. The van der Waals surface area contributed by atoms with Crippen molar-refractivity contribution in [2.24, 2.45) is 16.3 Å². The minimum absolute atomic E-state index is 0.222. The van der Waals surface area contributed by atoms with Gasteiger partial charge in [-0.3, -0.25) is 4.79 Å². The first-order valence-corrected chi connectivity index (χ1v) is 11.9. The number of nitrogens with zero attached hydrogens (tertiary/aromatic N) is 4. The van der Waals surface area contributed by atoms with Crippen LogP contribution < -0.4 is 15.5 Å². The molecule has 1 aromatic heterocycles. The van der Waals surface area contributed by atoms with E-state index >= 15 is 0 Å². The number of piperidine rings is 1. The molecule has 1 aromatic rings. The van der Waals surface area contributed by atoms with E-state index in [2.05, 4.69) is 46.5 Å². The predicted octanol–water partition coefficient (Wildman–Crippen LogP) is 3.02. The van der Waals surface area contributed by atoms with Gasteiger partial charge in [-0.15, -0.1) is 0 Å². The van der Waals surface area contributed by atoms with E-state index < -0.39 is 0 Å². The summed E-state index contributed by atoms with van der Waals surface area (Å²) in [6.07, 6.45) is 8.53. The molecule has 2 heterocycles. The molecule has 0 radical (unpaired) electrons. The first-order chi connectivity index (χ1) is 14.9. The fraction of sp³-hybridized carbons (Fsp3) is 0.708. The summed E-state index contributed by atoms with van der Waals surface area (Å²) >= 11 is 0. The van der Waals surface area contributed by atoms with E-state index in [4.69, 9.17) is 4.99 Å². The molecule has 1 aliphatic carbocycles. The summed E-state index contributed by atoms with van der Waals surface area (Å²) < 4.78 is 0. The summed E-state index contributed by atoms with van der Waals surface area (Å²) in [6, 6.07) is 4.24. The van der Waals surface area contributed by atoms with E-state index in [-0.39, 0.29) is 11.3 Å². The largest absolute Gasteiger partial charge is 0.357 e. The van der Waals surface area contributed by atoms with E-state index in [0.29, 0.717) is 13.1 Å². The zero-order valence-corrected chi connectivity index (χ0v) is 19.8. The molecule has 2 N–H and O–H groups in total. The van der Waals surface area contributed by atoms with Gasteiger partial charge in [-0.1, -0.05) is 25.8 Å². The molecule has 2 fully saturated rings. The van der Waals surface area contributed by atoms with Crippen molar-refractivity contribution in [1.82, 2.24) is 20.5 Å². The van der Waals surface area contributed by atoms with Crippen molar-refractivity contribution in [2.75, 3.05) is 45.2 Å². The van der Waals surface area contributed by atoms with Gasteiger partial charge in [0.05, 0.1) is 12.0 Å². The van der Waals surface area contributed by atoms with Crippen LogP contribution in [0.25, 0.3) is 0 Å². The average Bonchev–Trinajstić information content (AvgIpc) is 3.26. The van der Waals surface area contributed by atoms with Crippen LogP contribution in [0.1, 0.15) is 57.9 Å². The number of guanidine groups is 1. The standard InChI is InChI=1S/C24H40N6O/c1-5-25-23(28-18-24(12-6-7-13-24)22(31)29(3)4)27-17-20-8-9-21(26-16-20)30-14-10-19(2)11-15-30/h8-9,16,19H,5-7,10-15,17-18H2,1-4H3,(H2,25,27,28). The Kier molecular flexibility index (Phi) is 8.15. The fourth-order valence-corrected chi connectivity index (χ4v) is 4.69. The lowest BCUT2D eigenvalue weighted by Gasteiger charge is -2.31. The van der Waals surface area contributed by atoms with Gasteiger partial charge in [-0.2, -0.15) is 0 Å². The van der Waals surface area contributed by atoms with Crippen molar-refractivity contribution in [1.29, 1.82) is 0 Å². The number of amides is 1. The Labute approximate surface area is 187 Å². The Balaban J connectivity index is 1.59. The Bertz CT molecular complexity index is 731. The molecule has 31 heavy (non-hydrogen) atoms. The number of nitrogens with one attached hydrogen (secondary N) is 2. The van der Waals surface area contributed by atoms with Crippen molar-refractivity contribution >= 4 is 17.7 Å². The van der Waals surface area contributed by atoms with E-state index in [0.717, 1.165) is 68.6 Å². The highest BCUT2D eigenvalue weighted by molar-refractivity contribution is 5.85. The molecule has 0 spiro atoms. The third-order valence-corrected chi connectivity index (χ3v) is 6.70. The second-order valence-corrected chi connectivity index (χ2v) is 9.43. The molecular weight excluding hydrogens is 388 g/mol. The average molecular weight is 429 g/mol. The summed E-state index contributed by atoms with van der Waals surface area (Å²) in [5.41, 5.74) is 0.778. The molecule has 7 heteroatoms. The van der Waals surface area contributed by atoms with Crippen molar-refractivity contribution in [2.45, 2.75) is 58.9 Å². The molecular formula is C24H40N6O. The monoisotopic (exact) mass is 428 g/mol. The smallest absolute Gasteiger partial charge is 0.230 e. The van der Waals surface area contributed by atoms with Crippen molar-refractivity contribution < 1.29 is 4.79 Å². The lowest BCUT2D eigenvalue weighted by molar-refractivity contribution is -0.138. The first-order valence-electron chi connectivity index (χ1n) is 11.9. The maximum atomic E-state index is 12.8. The Morgan fingerprint density at radius 2 is 1.94 bits per heavy atom. The quantitative estimate of drug-likeness (QED) is 0.516. The van der Waals surface area contributed by atoms with E-state index in [1.54, 1.807) is 4.90 Å². The number of aliphatic imine (C=N–C) groups is 1. The minimum Gasteiger partial charge on any atom is -0.357 e. The van der Waals surface area contributed by atoms with Gasteiger partial charge in [0.25, 0.3) is 0 Å². The topological polar surface area (TPSA) is 72.9 Å². The molecule has 3 rings (SSSR count). The highest BCUT2D eigenvalue weighted by Crippen LogP contribution is 2.38. The molecule has 1 amide bonds. The number of aromatic nitrogens is 1. The molecule has 2 aliphatic rings. The molecule has 0 atom stereocenters. The maximum Gasteiger partial charge on any atom is 0.230 e. The summed E-state index contributed by atoms with van der Waals surface area (Å²) in [6.45, 7) is 8.54. The Morgan fingerprint density at radius 1 is 1.23 bits per heavy atom. The van der Waals surface area contributed by atoms with Crippen LogP contribution in [0.15, 0.2) is 23.3 Å². The van der Waals surface area contributed by atoms with Crippen LogP contribution in [0.2, 0.25) is 0 Å². The number of carbonyl (C=O) groups is 1. The van der Waals surface area contributed by atoms with Gasteiger partial charge in [0.1, 0.15) is 5.82 Å². The molecule has 7 nitrogen and oxygen atoms in total. The summed E-state index contributed by atoms with van der Waals surface area (Å²) in [7, 11) is 3.70. The highest BCUT2D eigenvalue weighted by atomic mass is 16.2. The third-order valence-electron chi connectivity index (χ3n) is 6.70.